The van der Waals surface area contributed by atoms with Crippen LogP contribution in [0, 0.1) is 5.92 Å². The summed E-state index contributed by atoms with van der Waals surface area (Å²) in [5.41, 5.74) is 0.151. The molecule has 7 heteroatoms. The fraction of sp³-hybridized carbons (Fsp3) is 0.562. The monoisotopic (exact) mass is 322 g/mol. The van der Waals surface area contributed by atoms with Crippen LogP contribution in [-0.2, 0) is 9.47 Å². The molecule has 126 valence electrons. The van der Waals surface area contributed by atoms with E-state index in [-0.39, 0.29) is 11.6 Å². The van der Waals surface area contributed by atoms with Gasteiger partial charge in [-0.15, -0.1) is 0 Å². The zero-order valence-electron chi connectivity index (χ0n) is 13.0. The van der Waals surface area contributed by atoms with Gasteiger partial charge in [0, 0.05) is 44.7 Å². The first-order valence-electron chi connectivity index (χ1n) is 7.80. The van der Waals surface area contributed by atoms with Crippen molar-refractivity contribution in [3.63, 3.8) is 0 Å². The molecule has 1 aliphatic rings. The van der Waals surface area contributed by atoms with Crippen molar-refractivity contribution in [2.75, 3.05) is 33.0 Å². The topological polar surface area (TPSA) is 97.8 Å². The van der Waals surface area contributed by atoms with Crippen molar-refractivity contribution in [3.8, 4) is 0 Å². The smallest absolute Gasteiger partial charge is 0.354 e. The van der Waals surface area contributed by atoms with Crippen molar-refractivity contribution in [2.45, 2.75) is 19.3 Å². The number of ether oxygens (including phenoxy) is 2. The van der Waals surface area contributed by atoms with Crippen LogP contribution in [-0.4, -0.2) is 54.9 Å². The molecule has 0 saturated carbocycles. The van der Waals surface area contributed by atoms with Crippen molar-refractivity contribution >= 4 is 11.9 Å². The molecule has 7 nitrogen and oxygen atoms in total. The van der Waals surface area contributed by atoms with Crippen molar-refractivity contribution < 1.29 is 24.2 Å². The highest BCUT2D eigenvalue weighted by Crippen LogP contribution is 2.14. The molecule has 0 radical (unpaired) electrons. The van der Waals surface area contributed by atoms with Gasteiger partial charge in [-0.25, -0.2) is 9.78 Å². The van der Waals surface area contributed by atoms with E-state index in [0.717, 1.165) is 32.7 Å². The van der Waals surface area contributed by atoms with Crippen LogP contribution in [0.15, 0.2) is 18.3 Å². The number of amides is 1. The molecule has 0 aromatic carbocycles. The summed E-state index contributed by atoms with van der Waals surface area (Å²) in [5.74, 6) is -0.884. The van der Waals surface area contributed by atoms with Crippen LogP contribution >= 0.6 is 0 Å². The minimum Gasteiger partial charge on any atom is -0.477 e. The number of aromatic carboxylic acids is 1. The largest absolute Gasteiger partial charge is 0.477 e. The fourth-order valence-electron chi connectivity index (χ4n) is 2.33. The van der Waals surface area contributed by atoms with Crippen LogP contribution in [0.3, 0.4) is 0 Å². The molecule has 2 N–H and O–H groups in total. The molecule has 23 heavy (non-hydrogen) atoms. The number of hydrogen-bond acceptors (Lipinski definition) is 5. The van der Waals surface area contributed by atoms with E-state index in [1.54, 1.807) is 0 Å². The average molecular weight is 322 g/mol. The number of nitrogens with one attached hydrogen (secondary N) is 1. The number of pyridine rings is 1. The average Bonchev–Trinajstić information content (AvgIpc) is 2.58. The van der Waals surface area contributed by atoms with Crippen LogP contribution in [0.2, 0.25) is 0 Å². The van der Waals surface area contributed by atoms with E-state index in [0.29, 0.717) is 31.1 Å². The summed E-state index contributed by atoms with van der Waals surface area (Å²) in [6, 6.07) is 2.75. The summed E-state index contributed by atoms with van der Waals surface area (Å²) < 4.78 is 10.9. The Morgan fingerprint density at radius 1 is 1.39 bits per heavy atom. The van der Waals surface area contributed by atoms with E-state index >= 15 is 0 Å². The predicted molar refractivity (Wildman–Crippen MR) is 82.5 cm³/mol. The minimum absolute atomic E-state index is 0.141. The first kappa shape index (κ1) is 17.4. The van der Waals surface area contributed by atoms with Crippen molar-refractivity contribution in [3.05, 3.63) is 29.6 Å². The zero-order valence-corrected chi connectivity index (χ0v) is 13.0. The molecule has 0 aliphatic carbocycles. The molecule has 1 amide bonds. The Morgan fingerprint density at radius 2 is 2.17 bits per heavy atom. The lowest BCUT2D eigenvalue weighted by Crippen LogP contribution is -2.26. The molecule has 1 aromatic heterocycles. The highest BCUT2D eigenvalue weighted by atomic mass is 16.5. The molecule has 1 aliphatic heterocycles. The molecule has 1 fully saturated rings. The predicted octanol–water partition coefficient (Wildman–Crippen LogP) is 1.34. The number of carboxylic acids is 1. The van der Waals surface area contributed by atoms with Gasteiger partial charge in [-0.05, 0) is 37.3 Å². The lowest BCUT2D eigenvalue weighted by molar-refractivity contribution is 0.0202. The van der Waals surface area contributed by atoms with Gasteiger partial charge >= 0.3 is 5.97 Å². The lowest BCUT2D eigenvalue weighted by atomic mass is 10.0. The third-order valence-electron chi connectivity index (χ3n) is 3.69. The molecule has 0 spiro atoms. The van der Waals surface area contributed by atoms with Gasteiger partial charge < -0.3 is 19.9 Å². The molecule has 2 rings (SSSR count). The molecule has 0 bridgehead atoms. The fourth-order valence-corrected chi connectivity index (χ4v) is 2.33. The Kier molecular flexibility index (Phi) is 6.96. The number of carbonyl (C=O) groups excluding carboxylic acids is 1. The number of carboxylic acid groups (broad SMARTS) is 1. The van der Waals surface area contributed by atoms with E-state index in [2.05, 4.69) is 10.3 Å². The van der Waals surface area contributed by atoms with Crippen molar-refractivity contribution in [1.29, 1.82) is 0 Å². The normalized spacial score (nSPS) is 15.3. The van der Waals surface area contributed by atoms with Crippen LogP contribution in [0.4, 0.5) is 0 Å². The Morgan fingerprint density at radius 3 is 2.91 bits per heavy atom. The van der Waals surface area contributed by atoms with E-state index in [9.17, 15) is 9.59 Å². The van der Waals surface area contributed by atoms with Gasteiger partial charge in [0.2, 0.25) is 0 Å². The second-order valence-corrected chi connectivity index (χ2v) is 5.48. The van der Waals surface area contributed by atoms with Crippen LogP contribution in [0.5, 0.6) is 0 Å². The third-order valence-corrected chi connectivity index (χ3v) is 3.69. The molecule has 1 saturated heterocycles. The van der Waals surface area contributed by atoms with Crippen molar-refractivity contribution in [2.24, 2.45) is 5.92 Å². The number of carbonyl (C=O) groups is 2. The van der Waals surface area contributed by atoms with Gasteiger partial charge in [0.25, 0.3) is 5.91 Å². The highest BCUT2D eigenvalue weighted by molar-refractivity contribution is 5.96. The van der Waals surface area contributed by atoms with Gasteiger partial charge in [-0.1, -0.05) is 0 Å². The van der Waals surface area contributed by atoms with E-state index in [4.69, 9.17) is 14.6 Å². The molecular formula is C16H22N2O5. The Labute approximate surface area is 135 Å². The van der Waals surface area contributed by atoms with Gasteiger partial charge in [0.05, 0.1) is 0 Å². The molecule has 2 heterocycles. The summed E-state index contributed by atoms with van der Waals surface area (Å²) in [6.45, 7) is 3.44. The first-order chi connectivity index (χ1) is 11.2. The maximum Gasteiger partial charge on any atom is 0.354 e. The Bertz CT molecular complexity index is 529. The molecular weight excluding hydrogens is 300 g/mol. The van der Waals surface area contributed by atoms with Crippen LogP contribution < -0.4 is 5.32 Å². The summed E-state index contributed by atoms with van der Waals surface area (Å²) in [5, 5.41) is 11.6. The van der Waals surface area contributed by atoms with Gasteiger partial charge in [-0.3, -0.25) is 4.79 Å². The maximum atomic E-state index is 11.9. The van der Waals surface area contributed by atoms with E-state index in [1.807, 2.05) is 0 Å². The summed E-state index contributed by atoms with van der Waals surface area (Å²) in [7, 11) is 0. The van der Waals surface area contributed by atoms with E-state index < -0.39 is 5.97 Å². The van der Waals surface area contributed by atoms with Crippen molar-refractivity contribution in [1.82, 2.24) is 10.3 Å². The minimum atomic E-state index is -1.15. The second-order valence-electron chi connectivity index (χ2n) is 5.48. The van der Waals surface area contributed by atoms with E-state index in [1.165, 1.54) is 18.3 Å². The first-order valence-corrected chi connectivity index (χ1v) is 7.80. The molecule has 1 aromatic rings. The van der Waals surface area contributed by atoms with Crippen LogP contribution in [0.25, 0.3) is 0 Å². The third kappa shape index (κ3) is 5.96. The standard InChI is InChI=1S/C16H22N2O5/c19-15(13-2-6-17-14(10-13)16(20)21)18-5-1-7-23-11-12-3-8-22-9-4-12/h2,6,10,12H,1,3-5,7-9,11H2,(H,18,19)(H,20,21). The summed E-state index contributed by atoms with van der Waals surface area (Å²) in [6.07, 6.45) is 4.12. The number of nitrogens with zero attached hydrogens (tertiary/aromatic N) is 1. The summed E-state index contributed by atoms with van der Waals surface area (Å²) in [4.78, 5) is 26.4. The van der Waals surface area contributed by atoms with Gasteiger partial charge in [0.15, 0.2) is 0 Å². The number of aromatic nitrogens is 1. The number of rotatable bonds is 8. The second kappa shape index (κ2) is 9.22. The van der Waals surface area contributed by atoms with Crippen LogP contribution in [0.1, 0.15) is 40.1 Å². The summed E-state index contributed by atoms with van der Waals surface area (Å²) >= 11 is 0. The lowest BCUT2D eigenvalue weighted by Gasteiger charge is -2.21. The Hall–Kier alpha value is -1.99. The maximum absolute atomic E-state index is 11.9. The Balaban J connectivity index is 1.61. The number of hydrogen-bond donors (Lipinski definition) is 2. The quantitative estimate of drug-likeness (QED) is 0.701. The molecule has 0 atom stereocenters. The van der Waals surface area contributed by atoms with Gasteiger partial charge in [0.1, 0.15) is 5.69 Å². The molecule has 0 unspecified atom stereocenters. The van der Waals surface area contributed by atoms with Gasteiger partial charge in [-0.2, -0.15) is 0 Å². The SMILES string of the molecule is O=C(NCCCOCC1CCOCC1)c1ccnc(C(=O)O)c1. The highest BCUT2D eigenvalue weighted by Gasteiger charge is 2.13. The zero-order chi connectivity index (χ0) is 16.5.